The molecule has 0 spiro atoms. The molecule has 0 amide bonds. The molecular formula is C8H8F2N2O2. The van der Waals surface area contributed by atoms with Gasteiger partial charge in [-0.05, 0) is 0 Å². The first-order chi connectivity index (χ1) is 6.63. The first-order valence-electron chi connectivity index (χ1n) is 3.75. The SMILES string of the molecule is COC(=O)CNc1ncc(F)cc1F. The third kappa shape index (κ3) is 2.65. The highest BCUT2D eigenvalue weighted by molar-refractivity contribution is 5.74. The summed E-state index contributed by atoms with van der Waals surface area (Å²) in [5.41, 5.74) is 0. The molecule has 1 heterocycles. The molecule has 0 atom stereocenters. The van der Waals surface area contributed by atoms with E-state index in [1.807, 2.05) is 0 Å². The average Bonchev–Trinajstić information content (AvgIpc) is 2.16. The maximum absolute atomic E-state index is 12.9. The van der Waals surface area contributed by atoms with Gasteiger partial charge in [0.1, 0.15) is 12.4 Å². The van der Waals surface area contributed by atoms with E-state index in [1.165, 1.54) is 7.11 Å². The van der Waals surface area contributed by atoms with Crippen molar-refractivity contribution in [1.82, 2.24) is 4.98 Å². The van der Waals surface area contributed by atoms with E-state index in [9.17, 15) is 13.6 Å². The normalized spacial score (nSPS) is 9.64. The fraction of sp³-hybridized carbons (Fsp3) is 0.250. The van der Waals surface area contributed by atoms with Crippen LogP contribution < -0.4 is 5.32 Å². The van der Waals surface area contributed by atoms with E-state index in [0.717, 1.165) is 6.20 Å². The summed E-state index contributed by atoms with van der Waals surface area (Å²) in [5, 5.41) is 2.36. The third-order valence-electron chi connectivity index (χ3n) is 1.44. The van der Waals surface area contributed by atoms with Crippen LogP contribution in [0.15, 0.2) is 12.3 Å². The minimum Gasteiger partial charge on any atom is -0.468 e. The summed E-state index contributed by atoms with van der Waals surface area (Å²) in [6.07, 6.45) is 0.850. The molecule has 0 saturated heterocycles. The van der Waals surface area contributed by atoms with Gasteiger partial charge in [-0.25, -0.2) is 13.8 Å². The Morgan fingerprint density at radius 2 is 2.36 bits per heavy atom. The zero-order valence-corrected chi connectivity index (χ0v) is 7.38. The molecule has 1 N–H and O–H groups in total. The zero-order chi connectivity index (χ0) is 10.6. The molecule has 0 aromatic carbocycles. The van der Waals surface area contributed by atoms with Gasteiger partial charge in [0.05, 0.1) is 13.3 Å². The quantitative estimate of drug-likeness (QED) is 0.741. The van der Waals surface area contributed by atoms with Crippen molar-refractivity contribution in [3.8, 4) is 0 Å². The first kappa shape index (κ1) is 10.4. The van der Waals surface area contributed by atoms with Gasteiger partial charge in [0.2, 0.25) is 0 Å². The number of rotatable bonds is 3. The Bertz CT molecular complexity index is 344. The van der Waals surface area contributed by atoms with E-state index in [0.29, 0.717) is 6.07 Å². The summed E-state index contributed by atoms with van der Waals surface area (Å²) < 4.78 is 29.6. The van der Waals surface area contributed by atoms with Crippen LogP contribution in [0, 0.1) is 11.6 Å². The van der Waals surface area contributed by atoms with Crippen LogP contribution in [-0.4, -0.2) is 24.6 Å². The smallest absolute Gasteiger partial charge is 0.325 e. The molecule has 14 heavy (non-hydrogen) atoms. The highest BCUT2D eigenvalue weighted by atomic mass is 19.1. The maximum Gasteiger partial charge on any atom is 0.325 e. The van der Waals surface area contributed by atoms with Crippen molar-refractivity contribution in [2.24, 2.45) is 0 Å². The summed E-state index contributed by atoms with van der Waals surface area (Å²) >= 11 is 0. The molecule has 0 radical (unpaired) electrons. The Labute approximate surface area is 78.9 Å². The summed E-state index contributed by atoms with van der Waals surface area (Å²) in [7, 11) is 1.21. The average molecular weight is 202 g/mol. The lowest BCUT2D eigenvalue weighted by molar-refractivity contribution is -0.138. The number of methoxy groups -OCH3 is 1. The molecule has 1 rings (SSSR count). The summed E-state index contributed by atoms with van der Waals surface area (Å²) in [4.78, 5) is 14.1. The molecule has 0 aliphatic rings. The molecule has 0 fully saturated rings. The number of carbonyl (C=O) groups excluding carboxylic acids is 1. The largest absolute Gasteiger partial charge is 0.468 e. The topological polar surface area (TPSA) is 51.2 Å². The fourth-order valence-electron chi connectivity index (χ4n) is 0.773. The van der Waals surface area contributed by atoms with Gasteiger partial charge in [-0.2, -0.15) is 0 Å². The van der Waals surface area contributed by atoms with Crippen molar-refractivity contribution in [3.63, 3.8) is 0 Å². The Balaban J connectivity index is 2.63. The third-order valence-corrected chi connectivity index (χ3v) is 1.44. The summed E-state index contributed by atoms with van der Waals surface area (Å²) in [6.45, 7) is -0.216. The molecule has 0 saturated carbocycles. The van der Waals surface area contributed by atoms with E-state index in [4.69, 9.17) is 0 Å². The van der Waals surface area contributed by atoms with Crippen molar-refractivity contribution < 1.29 is 18.3 Å². The lowest BCUT2D eigenvalue weighted by atomic mass is 10.4. The Morgan fingerprint density at radius 1 is 1.64 bits per heavy atom. The Kier molecular flexibility index (Phi) is 3.33. The number of pyridine rings is 1. The fourth-order valence-corrected chi connectivity index (χ4v) is 0.773. The predicted octanol–water partition coefficient (Wildman–Crippen LogP) is 0.945. The first-order valence-corrected chi connectivity index (χ1v) is 3.75. The van der Waals surface area contributed by atoms with E-state index >= 15 is 0 Å². The number of hydrogen-bond donors (Lipinski definition) is 1. The zero-order valence-electron chi connectivity index (χ0n) is 7.38. The van der Waals surface area contributed by atoms with Gasteiger partial charge in [0.15, 0.2) is 11.6 Å². The highest BCUT2D eigenvalue weighted by Crippen LogP contribution is 2.10. The van der Waals surface area contributed by atoms with E-state index < -0.39 is 17.6 Å². The Hall–Kier alpha value is -1.72. The monoisotopic (exact) mass is 202 g/mol. The molecule has 0 unspecified atom stereocenters. The molecule has 0 aliphatic heterocycles. The minimum atomic E-state index is -0.853. The molecule has 0 bridgehead atoms. The molecule has 6 heteroatoms. The van der Waals surface area contributed by atoms with Crippen LogP contribution in [0.3, 0.4) is 0 Å². The van der Waals surface area contributed by atoms with Gasteiger partial charge in [0.25, 0.3) is 0 Å². The van der Waals surface area contributed by atoms with E-state index in [-0.39, 0.29) is 12.4 Å². The molecule has 1 aromatic heterocycles. The van der Waals surface area contributed by atoms with Crippen molar-refractivity contribution in [1.29, 1.82) is 0 Å². The van der Waals surface area contributed by atoms with Crippen LogP contribution in [0.4, 0.5) is 14.6 Å². The van der Waals surface area contributed by atoms with Crippen LogP contribution in [0.1, 0.15) is 0 Å². The van der Waals surface area contributed by atoms with Crippen molar-refractivity contribution in [3.05, 3.63) is 23.9 Å². The number of nitrogens with one attached hydrogen (secondary N) is 1. The van der Waals surface area contributed by atoms with Gasteiger partial charge in [0, 0.05) is 6.07 Å². The van der Waals surface area contributed by atoms with Gasteiger partial charge >= 0.3 is 5.97 Å². The summed E-state index contributed by atoms with van der Waals surface area (Å²) in [5.74, 6) is -2.37. The molecule has 76 valence electrons. The number of nitrogens with zero attached hydrogens (tertiary/aromatic N) is 1. The predicted molar refractivity (Wildman–Crippen MR) is 44.7 cm³/mol. The van der Waals surface area contributed by atoms with Gasteiger partial charge in [-0.1, -0.05) is 0 Å². The van der Waals surface area contributed by atoms with Gasteiger partial charge < -0.3 is 10.1 Å². The number of carbonyl (C=O) groups is 1. The number of aromatic nitrogens is 1. The van der Waals surface area contributed by atoms with Gasteiger partial charge in [-0.3, -0.25) is 4.79 Å². The number of esters is 1. The second-order valence-corrected chi connectivity index (χ2v) is 2.41. The standard InChI is InChI=1S/C8H8F2N2O2/c1-14-7(13)4-12-8-6(10)2-5(9)3-11-8/h2-3H,4H2,1H3,(H,11,12). The molecular weight excluding hydrogens is 194 g/mol. The number of halogens is 2. The number of hydrogen-bond acceptors (Lipinski definition) is 4. The van der Waals surface area contributed by atoms with Crippen molar-refractivity contribution in [2.45, 2.75) is 0 Å². The highest BCUT2D eigenvalue weighted by Gasteiger charge is 2.06. The lowest BCUT2D eigenvalue weighted by Crippen LogP contribution is -2.16. The maximum atomic E-state index is 12.9. The molecule has 1 aromatic rings. The van der Waals surface area contributed by atoms with E-state index in [2.05, 4.69) is 15.0 Å². The second-order valence-electron chi connectivity index (χ2n) is 2.41. The number of anilines is 1. The Morgan fingerprint density at radius 3 is 2.93 bits per heavy atom. The van der Waals surface area contributed by atoms with Crippen LogP contribution in [-0.2, 0) is 9.53 Å². The summed E-state index contributed by atoms with van der Waals surface area (Å²) in [6, 6.07) is 0.673. The van der Waals surface area contributed by atoms with Crippen LogP contribution in [0.2, 0.25) is 0 Å². The van der Waals surface area contributed by atoms with Crippen LogP contribution in [0.25, 0.3) is 0 Å². The van der Waals surface area contributed by atoms with Gasteiger partial charge in [-0.15, -0.1) is 0 Å². The van der Waals surface area contributed by atoms with Crippen LogP contribution >= 0.6 is 0 Å². The van der Waals surface area contributed by atoms with E-state index in [1.54, 1.807) is 0 Å². The van der Waals surface area contributed by atoms with Crippen molar-refractivity contribution in [2.75, 3.05) is 19.0 Å². The molecule has 0 aliphatic carbocycles. The molecule has 4 nitrogen and oxygen atoms in total. The van der Waals surface area contributed by atoms with Crippen LogP contribution in [0.5, 0.6) is 0 Å². The second kappa shape index (κ2) is 4.50. The number of ether oxygens (including phenoxy) is 1. The van der Waals surface area contributed by atoms with Crippen molar-refractivity contribution >= 4 is 11.8 Å². The minimum absolute atomic E-state index is 0.184. The lowest BCUT2D eigenvalue weighted by Gasteiger charge is -2.04.